The smallest absolute Gasteiger partial charge is 0.339 e. The van der Waals surface area contributed by atoms with Gasteiger partial charge in [-0.15, -0.1) is 0 Å². The largest absolute Gasteiger partial charge is 0.478 e. The van der Waals surface area contributed by atoms with Gasteiger partial charge in [0.05, 0.1) is 0 Å². The monoisotopic (exact) mass is 166 g/mol. The van der Waals surface area contributed by atoms with E-state index in [0.717, 1.165) is 6.08 Å². The summed E-state index contributed by atoms with van der Waals surface area (Å²) >= 11 is 0. The van der Waals surface area contributed by atoms with Crippen LogP contribution in [0.15, 0.2) is 23.3 Å². The van der Waals surface area contributed by atoms with E-state index in [-0.39, 0.29) is 12.0 Å². The highest BCUT2D eigenvalue weighted by molar-refractivity contribution is 6.19. The van der Waals surface area contributed by atoms with Gasteiger partial charge < -0.3 is 5.11 Å². The maximum atomic E-state index is 11.0. The molecule has 1 aliphatic carbocycles. The van der Waals surface area contributed by atoms with Gasteiger partial charge in [0.15, 0.2) is 5.78 Å². The number of ketones is 1. The van der Waals surface area contributed by atoms with Crippen molar-refractivity contribution < 1.29 is 19.5 Å². The molecule has 0 fully saturated rings. The highest BCUT2D eigenvalue weighted by Gasteiger charge is 2.20. The Bertz CT molecular complexity index is 309. The Labute approximate surface area is 68.2 Å². The molecule has 0 heterocycles. The molecule has 1 N–H and O–H groups in total. The van der Waals surface area contributed by atoms with Gasteiger partial charge in [-0.3, -0.25) is 9.59 Å². The van der Waals surface area contributed by atoms with Crippen LogP contribution in [0.25, 0.3) is 0 Å². The number of carbonyl (C=O) groups excluding carboxylic acids is 2. The highest BCUT2D eigenvalue weighted by Crippen LogP contribution is 2.13. The van der Waals surface area contributed by atoms with Gasteiger partial charge in [0.1, 0.15) is 11.9 Å². The lowest BCUT2D eigenvalue weighted by Gasteiger charge is -2.05. The van der Waals surface area contributed by atoms with E-state index in [0.29, 0.717) is 11.9 Å². The van der Waals surface area contributed by atoms with Crippen LogP contribution in [0.3, 0.4) is 0 Å². The Kier molecular flexibility index (Phi) is 2.19. The van der Waals surface area contributed by atoms with Gasteiger partial charge in [0.2, 0.25) is 0 Å². The molecule has 0 saturated heterocycles. The lowest BCUT2D eigenvalue weighted by molar-refractivity contribution is -0.134. The average Bonchev–Trinajstić information content (AvgIpc) is 2.03. The van der Waals surface area contributed by atoms with Crippen LogP contribution in [0, 0.1) is 0 Å². The number of aldehydes is 1. The summed E-state index contributed by atoms with van der Waals surface area (Å²) in [5.41, 5.74) is 0.0469. The summed E-state index contributed by atoms with van der Waals surface area (Å²) in [6, 6.07) is 0. The lowest BCUT2D eigenvalue weighted by Crippen LogP contribution is -2.15. The first kappa shape index (κ1) is 8.39. The van der Waals surface area contributed by atoms with Gasteiger partial charge in [-0.1, -0.05) is 6.08 Å². The van der Waals surface area contributed by atoms with Gasteiger partial charge in [-0.05, 0) is 11.6 Å². The van der Waals surface area contributed by atoms with E-state index in [1.165, 1.54) is 6.08 Å². The molecule has 0 aromatic carbocycles. The second-order valence-electron chi connectivity index (χ2n) is 2.34. The molecular formula is C8H6O4. The van der Waals surface area contributed by atoms with E-state index < -0.39 is 11.8 Å². The molecular weight excluding hydrogens is 160 g/mol. The summed E-state index contributed by atoms with van der Waals surface area (Å²) in [7, 11) is 0. The van der Waals surface area contributed by atoms with Gasteiger partial charge in [0.25, 0.3) is 0 Å². The molecule has 0 spiro atoms. The number of allylic oxidation sites excluding steroid dienone is 3. The van der Waals surface area contributed by atoms with Crippen LogP contribution in [0.4, 0.5) is 0 Å². The zero-order chi connectivity index (χ0) is 9.14. The summed E-state index contributed by atoms with van der Waals surface area (Å²) < 4.78 is 0. The molecule has 0 bridgehead atoms. The number of hydrogen-bond acceptors (Lipinski definition) is 3. The maximum absolute atomic E-state index is 11.0. The molecule has 12 heavy (non-hydrogen) atoms. The van der Waals surface area contributed by atoms with Crippen LogP contribution in [-0.4, -0.2) is 23.1 Å². The van der Waals surface area contributed by atoms with Crippen LogP contribution >= 0.6 is 0 Å². The SMILES string of the molecule is O=CC1=CC=C(C(=O)O)C(=O)C1. The Morgan fingerprint density at radius 3 is 2.58 bits per heavy atom. The van der Waals surface area contributed by atoms with Gasteiger partial charge in [-0.25, -0.2) is 4.79 Å². The minimum atomic E-state index is -1.25. The summed E-state index contributed by atoms with van der Waals surface area (Å²) in [5, 5.41) is 8.46. The van der Waals surface area contributed by atoms with Crippen LogP contribution < -0.4 is 0 Å². The molecule has 0 amide bonds. The fourth-order valence-corrected chi connectivity index (χ4v) is 0.894. The van der Waals surface area contributed by atoms with Crippen molar-refractivity contribution in [3.05, 3.63) is 23.3 Å². The van der Waals surface area contributed by atoms with Crippen molar-refractivity contribution in [2.45, 2.75) is 6.42 Å². The molecule has 0 aromatic heterocycles. The Morgan fingerprint density at radius 1 is 1.50 bits per heavy atom. The van der Waals surface area contributed by atoms with Gasteiger partial charge in [-0.2, -0.15) is 0 Å². The quantitative estimate of drug-likeness (QED) is 0.466. The van der Waals surface area contributed by atoms with E-state index in [9.17, 15) is 14.4 Å². The van der Waals surface area contributed by atoms with E-state index >= 15 is 0 Å². The highest BCUT2D eigenvalue weighted by atomic mass is 16.4. The number of Topliss-reactive ketones (excluding diaryl/α,β-unsaturated/α-hetero) is 1. The molecule has 4 nitrogen and oxygen atoms in total. The molecule has 0 aliphatic heterocycles. The second-order valence-corrected chi connectivity index (χ2v) is 2.34. The maximum Gasteiger partial charge on any atom is 0.339 e. The first-order chi connectivity index (χ1) is 5.65. The first-order valence-electron chi connectivity index (χ1n) is 3.27. The molecule has 0 aromatic rings. The zero-order valence-electron chi connectivity index (χ0n) is 6.11. The van der Waals surface area contributed by atoms with Gasteiger partial charge >= 0.3 is 5.97 Å². The third-order valence-electron chi connectivity index (χ3n) is 1.51. The van der Waals surface area contributed by atoms with Gasteiger partial charge in [0, 0.05) is 6.42 Å². The van der Waals surface area contributed by atoms with E-state index in [1.54, 1.807) is 0 Å². The Hall–Kier alpha value is -1.71. The molecule has 0 saturated carbocycles. The van der Waals surface area contributed by atoms with Crippen molar-refractivity contribution in [2.24, 2.45) is 0 Å². The van der Waals surface area contributed by atoms with Crippen LogP contribution in [0.2, 0.25) is 0 Å². The summed E-state index contributed by atoms with van der Waals surface area (Å²) in [6.45, 7) is 0. The average molecular weight is 166 g/mol. The molecule has 1 rings (SSSR count). The Balaban J connectivity index is 2.98. The predicted octanol–water partition coefficient (Wildman–Crippen LogP) is 0.0955. The number of rotatable bonds is 2. The van der Waals surface area contributed by atoms with Crippen LogP contribution in [0.5, 0.6) is 0 Å². The summed E-state index contributed by atoms with van der Waals surface area (Å²) in [5.74, 6) is -1.77. The van der Waals surface area contributed by atoms with Crippen LogP contribution in [0.1, 0.15) is 6.42 Å². The minimum Gasteiger partial charge on any atom is -0.478 e. The molecule has 0 radical (unpaired) electrons. The first-order valence-corrected chi connectivity index (χ1v) is 3.27. The van der Waals surface area contributed by atoms with E-state index in [2.05, 4.69) is 0 Å². The minimum absolute atomic E-state index is 0.109. The number of aliphatic carboxylic acids is 1. The number of carboxylic acid groups (broad SMARTS) is 1. The molecule has 0 unspecified atom stereocenters. The fraction of sp³-hybridized carbons (Fsp3) is 0.125. The van der Waals surface area contributed by atoms with Crippen molar-refractivity contribution >= 4 is 18.0 Å². The number of hydrogen-bond donors (Lipinski definition) is 1. The number of carboxylic acids is 1. The fourth-order valence-electron chi connectivity index (χ4n) is 0.894. The number of carbonyl (C=O) groups is 3. The van der Waals surface area contributed by atoms with Crippen molar-refractivity contribution in [2.75, 3.05) is 0 Å². The molecule has 62 valence electrons. The van der Waals surface area contributed by atoms with E-state index in [1.807, 2.05) is 0 Å². The van der Waals surface area contributed by atoms with Crippen LogP contribution in [-0.2, 0) is 14.4 Å². The zero-order valence-corrected chi connectivity index (χ0v) is 6.11. The van der Waals surface area contributed by atoms with E-state index in [4.69, 9.17) is 5.11 Å². The predicted molar refractivity (Wildman–Crippen MR) is 39.5 cm³/mol. The molecule has 0 atom stereocenters. The van der Waals surface area contributed by atoms with Crippen molar-refractivity contribution in [1.82, 2.24) is 0 Å². The normalized spacial score (nSPS) is 16.5. The standard InChI is InChI=1S/C8H6O4/c9-4-5-1-2-6(8(11)12)7(10)3-5/h1-2,4H,3H2,(H,11,12). The summed E-state index contributed by atoms with van der Waals surface area (Å²) in [4.78, 5) is 31.5. The topological polar surface area (TPSA) is 71.4 Å². The third kappa shape index (κ3) is 1.47. The lowest BCUT2D eigenvalue weighted by atomic mass is 9.98. The van der Waals surface area contributed by atoms with Crippen molar-refractivity contribution in [3.8, 4) is 0 Å². The second kappa shape index (κ2) is 3.13. The molecule has 1 aliphatic rings. The van der Waals surface area contributed by atoms with Crippen molar-refractivity contribution in [3.63, 3.8) is 0 Å². The third-order valence-corrected chi connectivity index (χ3v) is 1.51. The molecule has 4 heteroatoms. The Morgan fingerprint density at radius 2 is 2.17 bits per heavy atom. The van der Waals surface area contributed by atoms with Crippen molar-refractivity contribution in [1.29, 1.82) is 0 Å². The summed E-state index contributed by atoms with van der Waals surface area (Å²) in [6.07, 6.45) is 2.93.